The molecule has 1 aromatic carbocycles. The summed E-state index contributed by atoms with van der Waals surface area (Å²) in [5.41, 5.74) is 3.07. The van der Waals surface area contributed by atoms with Crippen LogP contribution in [-0.4, -0.2) is 33.7 Å². The summed E-state index contributed by atoms with van der Waals surface area (Å²) in [6.45, 7) is 11.6. The van der Waals surface area contributed by atoms with E-state index in [2.05, 4.69) is 63.0 Å². The molecule has 0 atom stereocenters. The van der Waals surface area contributed by atoms with Gasteiger partial charge in [-0.25, -0.2) is 0 Å². The first-order valence-corrected chi connectivity index (χ1v) is 15.3. The zero-order valence-electron chi connectivity index (χ0n) is 20.2. The summed E-state index contributed by atoms with van der Waals surface area (Å²) >= 11 is -0.925. The van der Waals surface area contributed by atoms with Gasteiger partial charge in [-0.1, -0.05) is 0 Å². The number of hydrogen-bond acceptors (Lipinski definition) is 2. The fraction of sp³-hybridized carbons (Fsp3) is 0.667. The third-order valence-electron chi connectivity index (χ3n) is 5.86. The minimum atomic E-state index is -0.925. The second kappa shape index (κ2) is 15.9. The van der Waals surface area contributed by atoms with Gasteiger partial charge in [-0.2, -0.15) is 0 Å². The van der Waals surface area contributed by atoms with Crippen molar-refractivity contribution in [1.29, 1.82) is 0 Å². The van der Waals surface area contributed by atoms with Crippen molar-refractivity contribution in [2.45, 2.75) is 109 Å². The van der Waals surface area contributed by atoms with Gasteiger partial charge in [0.05, 0.1) is 0 Å². The average Bonchev–Trinajstić information content (AvgIpc) is 2.76. The molecule has 0 saturated heterocycles. The SMILES string of the molecule is CCCCOC(=O)C(=[CH][Sn][C](CCCC)(CCCC)CCCC)c1ccc(C)cc1. The van der Waals surface area contributed by atoms with Crippen LogP contribution in [-0.2, 0) is 9.53 Å². The number of carbonyl (C=O) groups is 1. The summed E-state index contributed by atoms with van der Waals surface area (Å²) in [7, 11) is 0. The fourth-order valence-electron chi connectivity index (χ4n) is 3.74. The molecule has 0 aliphatic heterocycles. The summed E-state index contributed by atoms with van der Waals surface area (Å²) < 4.78 is 8.51. The molecular formula is C27H44O2Sn. The summed E-state index contributed by atoms with van der Waals surface area (Å²) in [5.74, 6) is -0.122. The first-order valence-electron chi connectivity index (χ1n) is 12.2. The number of hydrogen-bond donors (Lipinski definition) is 0. The van der Waals surface area contributed by atoms with E-state index in [0.29, 0.717) is 10.0 Å². The maximum absolute atomic E-state index is 13.0. The molecule has 0 fully saturated rings. The molecule has 0 aliphatic rings. The molecule has 0 amide bonds. The van der Waals surface area contributed by atoms with E-state index >= 15 is 0 Å². The Bertz CT molecular complexity index is 596. The van der Waals surface area contributed by atoms with Crippen LogP contribution < -0.4 is 0 Å². The second-order valence-corrected chi connectivity index (χ2v) is 13.3. The van der Waals surface area contributed by atoms with Crippen LogP contribution in [0.5, 0.6) is 0 Å². The number of rotatable bonds is 16. The zero-order valence-corrected chi connectivity index (χ0v) is 23.0. The molecule has 0 N–H and O–H groups in total. The van der Waals surface area contributed by atoms with Crippen molar-refractivity contribution in [3.63, 3.8) is 0 Å². The Labute approximate surface area is 196 Å². The van der Waals surface area contributed by atoms with Gasteiger partial charge in [0.1, 0.15) is 0 Å². The van der Waals surface area contributed by atoms with Crippen molar-refractivity contribution < 1.29 is 9.53 Å². The van der Waals surface area contributed by atoms with Crippen LogP contribution in [0.4, 0.5) is 0 Å². The molecule has 1 rings (SSSR count). The van der Waals surface area contributed by atoms with Crippen LogP contribution in [0.2, 0.25) is 3.43 Å². The second-order valence-electron chi connectivity index (χ2n) is 8.65. The van der Waals surface area contributed by atoms with E-state index < -0.39 is 21.1 Å². The summed E-state index contributed by atoms with van der Waals surface area (Å²) in [6, 6.07) is 8.39. The molecule has 168 valence electrons. The Morgan fingerprint density at radius 3 is 1.83 bits per heavy atom. The van der Waals surface area contributed by atoms with Gasteiger partial charge in [0, 0.05) is 0 Å². The number of benzene rings is 1. The standard InChI is InChI=1S/C14H17O2.C13H27.Sn/c1-4-5-10-16-14(15)12(3)13-8-6-11(2)7-9-13;1-4-7-10-13(11-8-5-2)12-9-6-3;/h3,6-9H,4-5,10H2,1-2H3;4-12H2,1-3H3;. The quantitative estimate of drug-likeness (QED) is 0.0955. The molecular weight excluding hydrogens is 475 g/mol. The van der Waals surface area contributed by atoms with Crippen molar-refractivity contribution in [2.24, 2.45) is 0 Å². The molecule has 0 aromatic heterocycles. The molecule has 0 saturated carbocycles. The normalized spacial score (nSPS) is 12.2. The average molecular weight is 519 g/mol. The van der Waals surface area contributed by atoms with Crippen LogP contribution in [0.15, 0.2) is 28.4 Å². The van der Waals surface area contributed by atoms with Gasteiger partial charge in [-0.05, 0) is 0 Å². The van der Waals surface area contributed by atoms with E-state index in [1.807, 2.05) is 0 Å². The molecule has 0 spiro atoms. The van der Waals surface area contributed by atoms with E-state index in [1.165, 1.54) is 63.4 Å². The molecule has 2 nitrogen and oxygen atoms in total. The Hall–Kier alpha value is -0.771. The number of carbonyl (C=O) groups excluding carboxylic acids is 1. The van der Waals surface area contributed by atoms with Gasteiger partial charge >= 0.3 is 197 Å². The number of unbranched alkanes of at least 4 members (excludes halogenated alkanes) is 4. The first-order chi connectivity index (χ1) is 14.5. The first kappa shape index (κ1) is 27.3. The van der Waals surface area contributed by atoms with Gasteiger partial charge in [0.2, 0.25) is 0 Å². The van der Waals surface area contributed by atoms with Crippen molar-refractivity contribution in [3.05, 3.63) is 39.5 Å². The predicted octanol–water partition coefficient (Wildman–Crippen LogP) is 8.11. The van der Waals surface area contributed by atoms with Crippen LogP contribution in [0, 0.1) is 6.92 Å². The molecule has 1 aromatic rings. The molecule has 2 radical (unpaired) electrons. The van der Waals surface area contributed by atoms with Crippen molar-refractivity contribution in [2.75, 3.05) is 6.61 Å². The number of ether oxygens (including phenoxy) is 1. The Balaban J connectivity index is 3.19. The number of aryl methyl sites for hydroxylation is 1. The zero-order chi connectivity index (χ0) is 22.2. The molecule has 30 heavy (non-hydrogen) atoms. The van der Waals surface area contributed by atoms with E-state index in [9.17, 15) is 4.79 Å². The Kier molecular flexibility index (Phi) is 14.5. The summed E-state index contributed by atoms with van der Waals surface area (Å²) in [4.78, 5) is 13.0. The third-order valence-corrected chi connectivity index (χ3v) is 11.0. The third kappa shape index (κ3) is 10.0. The van der Waals surface area contributed by atoms with Crippen LogP contribution >= 0.6 is 0 Å². The molecule has 0 bridgehead atoms. The Morgan fingerprint density at radius 2 is 1.37 bits per heavy atom. The van der Waals surface area contributed by atoms with Crippen molar-refractivity contribution >= 4 is 32.7 Å². The summed E-state index contributed by atoms with van der Waals surface area (Å²) in [6.07, 6.45) is 13.7. The van der Waals surface area contributed by atoms with Crippen LogP contribution in [0.1, 0.15) is 109 Å². The van der Waals surface area contributed by atoms with Crippen molar-refractivity contribution in [3.8, 4) is 0 Å². The van der Waals surface area contributed by atoms with E-state index in [1.54, 1.807) is 0 Å². The molecule has 0 aliphatic carbocycles. The fourth-order valence-corrected chi connectivity index (χ4v) is 8.59. The predicted molar refractivity (Wildman–Crippen MR) is 132 cm³/mol. The van der Waals surface area contributed by atoms with Gasteiger partial charge in [-0.3, -0.25) is 0 Å². The number of esters is 1. The van der Waals surface area contributed by atoms with Gasteiger partial charge in [0.15, 0.2) is 0 Å². The van der Waals surface area contributed by atoms with Crippen LogP contribution in [0.25, 0.3) is 5.57 Å². The minimum absolute atomic E-state index is 0.122. The van der Waals surface area contributed by atoms with Crippen LogP contribution in [0.3, 0.4) is 0 Å². The van der Waals surface area contributed by atoms with Gasteiger partial charge in [-0.15, -0.1) is 0 Å². The van der Waals surface area contributed by atoms with E-state index in [-0.39, 0.29) is 5.97 Å². The Morgan fingerprint density at radius 1 is 0.867 bits per heavy atom. The topological polar surface area (TPSA) is 26.3 Å². The van der Waals surface area contributed by atoms with Gasteiger partial charge in [0.25, 0.3) is 0 Å². The molecule has 0 heterocycles. The van der Waals surface area contributed by atoms with Crippen molar-refractivity contribution in [1.82, 2.24) is 0 Å². The maximum atomic E-state index is 13.0. The van der Waals surface area contributed by atoms with E-state index in [0.717, 1.165) is 24.0 Å². The molecule has 3 heteroatoms. The van der Waals surface area contributed by atoms with E-state index in [4.69, 9.17) is 4.74 Å². The molecule has 0 unspecified atom stereocenters. The monoisotopic (exact) mass is 520 g/mol. The summed E-state index contributed by atoms with van der Waals surface area (Å²) in [5, 5.41) is 0. The van der Waals surface area contributed by atoms with Gasteiger partial charge < -0.3 is 0 Å².